The van der Waals surface area contributed by atoms with E-state index in [0.29, 0.717) is 6.04 Å². The number of aromatic amines is 1. The fraction of sp³-hybridized carbons (Fsp3) is 0.556. The molecule has 0 radical (unpaired) electrons. The SMILES string of the molecule is CCNC(C)Cc1c[nH]c2cc3c(cc12)CCCCC3. The molecular weight excluding hydrogens is 244 g/mol. The third-order valence-electron chi connectivity index (χ3n) is 4.56. The Labute approximate surface area is 122 Å². The molecule has 0 amide bonds. The van der Waals surface area contributed by atoms with E-state index in [9.17, 15) is 0 Å². The highest BCUT2D eigenvalue weighted by Crippen LogP contribution is 2.28. The lowest BCUT2D eigenvalue weighted by atomic mass is 9.98. The zero-order valence-corrected chi connectivity index (χ0v) is 12.8. The fourth-order valence-electron chi connectivity index (χ4n) is 3.51. The lowest BCUT2D eigenvalue weighted by molar-refractivity contribution is 0.567. The van der Waals surface area contributed by atoms with E-state index in [2.05, 4.69) is 42.5 Å². The van der Waals surface area contributed by atoms with E-state index in [1.54, 1.807) is 11.1 Å². The number of benzene rings is 1. The number of rotatable bonds is 4. The maximum absolute atomic E-state index is 3.51. The van der Waals surface area contributed by atoms with E-state index in [4.69, 9.17) is 0 Å². The second-order valence-corrected chi connectivity index (χ2v) is 6.20. The second kappa shape index (κ2) is 6.01. The molecule has 3 rings (SSSR count). The molecule has 0 saturated heterocycles. The van der Waals surface area contributed by atoms with Crippen LogP contribution in [0.1, 0.15) is 49.8 Å². The first-order chi connectivity index (χ1) is 9.78. The van der Waals surface area contributed by atoms with Crippen molar-refractivity contribution in [1.82, 2.24) is 10.3 Å². The Morgan fingerprint density at radius 3 is 2.65 bits per heavy atom. The first-order valence-corrected chi connectivity index (χ1v) is 8.13. The van der Waals surface area contributed by atoms with Gasteiger partial charge >= 0.3 is 0 Å². The van der Waals surface area contributed by atoms with E-state index in [1.165, 1.54) is 48.6 Å². The van der Waals surface area contributed by atoms with Gasteiger partial charge in [-0.1, -0.05) is 13.3 Å². The largest absolute Gasteiger partial charge is 0.361 e. The van der Waals surface area contributed by atoms with Gasteiger partial charge in [-0.2, -0.15) is 0 Å². The number of fused-ring (bicyclic) bond motifs is 2. The molecule has 20 heavy (non-hydrogen) atoms. The quantitative estimate of drug-likeness (QED) is 0.808. The van der Waals surface area contributed by atoms with Gasteiger partial charge < -0.3 is 10.3 Å². The van der Waals surface area contributed by atoms with Crippen molar-refractivity contribution in [2.45, 2.75) is 58.4 Å². The number of nitrogens with one attached hydrogen (secondary N) is 2. The number of H-pyrrole nitrogens is 1. The third kappa shape index (κ3) is 2.76. The Morgan fingerprint density at radius 1 is 1.15 bits per heavy atom. The standard InChI is InChI=1S/C18H26N2/c1-3-19-13(2)9-16-12-20-18-11-15-8-6-4-5-7-14(15)10-17(16)18/h10-13,19-20H,3-9H2,1-2H3. The van der Waals surface area contributed by atoms with Crippen molar-refractivity contribution in [2.75, 3.05) is 6.54 Å². The maximum atomic E-state index is 3.51. The maximum Gasteiger partial charge on any atom is 0.0459 e. The topological polar surface area (TPSA) is 27.8 Å². The minimum atomic E-state index is 0.540. The summed E-state index contributed by atoms with van der Waals surface area (Å²) in [4.78, 5) is 3.48. The molecule has 1 atom stereocenters. The number of aryl methyl sites for hydroxylation is 2. The summed E-state index contributed by atoms with van der Waals surface area (Å²) in [6, 6.07) is 5.40. The lowest BCUT2D eigenvalue weighted by Gasteiger charge is -2.12. The molecule has 1 unspecified atom stereocenters. The van der Waals surface area contributed by atoms with Crippen LogP contribution < -0.4 is 5.32 Å². The Bertz CT molecular complexity index is 582. The monoisotopic (exact) mass is 270 g/mol. The highest BCUT2D eigenvalue weighted by Gasteiger charge is 2.13. The van der Waals surface area contributed by atoms with Crippen molar-refractivity contribution in [1.29, 1.82) is 0 Å². The molecule has 0 bridgehead atoms. The Hall–Kier alpha value is -1.28. The summed E-state index contributed by atoms with van der Waals surface area (Å²) >= 11 is 0. The van der Waals surface area contributed by atoms with Crippen molar-refractivity contribution in [3.63, 3.8) is 0 Å². The van der Waals surface area contributed by atoms with Crippen LogP contribution >= 0.6 is 0 Å². The molecule has 0 fully saturated rings. The normalized spacial score (nSPS) is 16.9. The van der Waals surface area contributed by atoms with Crippen LogP contribution in [0.5, 0.6) is 0 Å². The van der Waals surface area contributed by atoms with Gasteiger partial charge in [0, 0.05) is 23.1 Å². The molecule has 2 nitrogen and oxygen atoms in total. The van der Waals surface area contributed by atoms with Gasteiger partial charge in [-0.15, -0.1) is 0 Å². The average Bonchev–Trinajstić information content (AvgIpc) is 2.67. The molecule has 1 aromatic carbocycles. The molecule has 0 aliphatic heterocycles. The van der Waals surface area contributed by atoms with Crippen LogP contribution in [0, 0.1) is 0 Å². The molecule has 108 valence electrons. The molecule has 1 aliphatic rings. The van der Waals surface area contributed by atoms with Gasteiger partial charge in [0.25, 0.3) is 0 Å². The van der Waals surface area contributed by atoms with Gasteiger partial charge in [-0.05, 0) is 74.4 Å². The van der Waals surface area contributed by atoms with Crippen LogP contribution in [0.25, 0.3) is 10.9 Å². The summed E-state index contributed by atoms with van der Waals surface area (Å²) in [5.41, 5.74) is 5.94. The molecule has 2 aromatic rings. The summed E-state index contributed by atoms with van der Waals surface area (Å²) in [5.74, 6) is 0. The second-order valence-electron chi connectivity index (χ2n) is 6.20. The van der Waals surface area contributed by atoms with Gasteiger partial charge in [0.1, 0.15) is 0 Å². The van der Waals surface area contributed by atoms with Crippen molar-refractivity contribution >= 4 is 10.9 Å². The molecular formula is C18H26N2. The van der Waals surface area contributed by atoms with Crippen molar-refractivity contribution in [2.24, 2.45) is 0 Å². The molecule has 0 spiro atoms. The first-order valence-electron chi connectivity index (χ1n) is 8.13. The zero-order valence-electron chi connectivity index (χ0n) is 12.8. The number of hydrogen-bond acceptors (Lipinski definition) is 1. The van der Waals surface area contributed by atoms with Crippen LogP contribution in [-0.2, 0) is 19.3 Å². The van der Waals surface area contributed by atoms with Crippen molar-refractivity contribution in [3.05, 3.63) is 35.0 Å². The van der Waals surface area contributed by atoms with E-state index in [0.717, 1.165) is 13.0 Å². The van der Waals surface area contributed by atoms with Crippen LogP contribution in [0.15, 0.2) is 18.3 Å². The summed E-state index contributed by atoms with van der Waals surface area (Å²) in [5, 5.41) is 4.95. The van der Waals surface area contributed by atoms with Gasteiger partial charge in [-0.25, -0.2) is 0 Å². The predicted molar refractivity (Wildman–Crippen MR) is 86.4 cm³/mol. The Morgan fingerprint density at radius 2 is 1.90 bits per heavy atom. The van der Waals surface area contributed by atoms with Gasteiger partial charge in [0.05, 0.1) is 0 Å². The van der Waals surface area contributed by atoms with Gasteiger partial charge in [0.15, 0.2) is 0 Å². The number of likely N-dealkylation sites (N-methyl/N-ethyl adjacent to an activating group) is 1. The van der Waals surface area contributed by atoms with Gasteiger partial charge in [-0.3, -0.25) is 0 Å². The van der Waals surface area contributed by atoms with E-state index in [1.807, 2.05) is 0 Å². The summed E-state index contributed by atoms with van der Waals surface area (Å²) in [6.07, 6.45) is 9.92. The molecule has 1 heterocycles. The highest BCUT2D eigenvalue weighted by molar-refractivity contribution is 5.85. The number of hydrogen-bond donors (Lipinski definition) is 2. The van der Waals surface area contributed by atoms with Crippen molar-refractivity contribution in [3.8, 4) is 0 Å². The van der Waals surface area contributed by atoms with Crippen LogP contribution in [-0.4, -0.2) is 17.6 Å². The first kappa shape index (κ1) is 13.7. The van der Waals surface area contributed by atoms with Gasteiger partial charge in [0.2, 0.25) is 0 Å². The van der Waals surface area contributed by atoms with E-state index in [-0.39, 0.29) is 0 Å². The van der Waals surface area contributed by atoms with E-state index >= 15 is 0 Å². The summed E-state index contributed by atoms with van der Waals surface area (Å²) in [6.45, 7) is 5.48. The zero-order chi connectivity index (χ0) is 13.9. The lowest BCUT2D eigenvalue weighted by Crippen LogP contribution is -2.27. The summed E-state index contributed by atoms with van der Waals surface area (Å²) in [7, 11) is 0. The van der Waals surface area contributed by atoms with Crippen LogP contribution in [0.2, 0.25) is 0 Å². The Kier molecular flexibility index (Phi) is 4.11. The average molecular weight is 270 g/mol. The molecule has 0 saturated carbocycles. The van der Waals surface area contributed by atoms with Crippen molar-refractivity contribution < 1.29 is 0 Å². The molecule has 1 aliphatic carbocycles. The molecule has 2 heteroatoms. The molecule has 1 aromatic heterocycles. The minimum absolute atomic E-state index is 0.540. The Balaban J connectivity index is 1.93. The highest BCUT2D eigenvalue weighted by atomic mass is 14.9. The predicted octanol–water partition coefficient (Wildman–Crippen LogP) is 3.98. The number of aromatic nitrogens is 1. The summed E-state index contributed by atoms with van der Waals surface area (Å²) < 4.78 is 0. The smallest absolute Gasteiger partial charge is 0.0459 e. The van der Waals surface area contributed by atoms with E-state index < -0.39 is 0 Å². The fourth-order valence-corrected chi connectivity index (χ4v) is 3.51. The molecule has 2 N–H and O–H groups in total. The minimum Gasteiger partial charge on any atom is -0.361 e. The van der Waals surface area contributed by atoms with Crippen LogP contribution in [0.3, 0.4) is 0 Å². The van der Waals surface area contributed by atoms with Crippen LogP contribution in [0.4, 0.5) is 0 Å². The third-order valence-corrected chi connectivity index (χ3v) is 4.56.